The Morgan fingerprint density at radius 1 is 1.19 bits per heavy atom. The van der Waals surface area contributed by atoms with Crippen molar-refractivity contribution >= 4 is 23.4 Å². The molecule has 0 aliphatic heterocycles. The quantitative estimate of drug-likeness (QED) is 0.649. The Morgan fingerprint density at radius 3 is 2.76 bits per heavy atom. The molecule has 0 unspecified atom stereocenters. The summed E-state index contributed by atoms with van der Waals surface area (Å²) in [5, 5.41) is 10.1. The van der Waals surface area contributed by atoms with E-state index < -0.39 is 0 Å². The summed E-state index contributed by atoms with van der Waals surface area (Å²) in [5.41, 5.74) is 1.09. The third kappa shape index (κ3) is 2.99. The van der Waals surface area contributed by atoms with Gasteiger partial charge < -0.3 is 4.42 Å². The fraction of sp³-hybridized carbons (Fsp3) is 0.200. The van der Waals surface area contributed by atoms with Gasteiger partial charge in [0, 0.05) is 17.3 Å². The molecule has 0 N–H and O–H groups in total. The highest BCUT2D eigenvalue weighted by Crippen LogP contribution is 2.28. The maximum absolute atomic E-state index is 6.18. The summed E-state index contributed by atoms with van der Waals surface area (Å²) in [6.07, 6.45) is 1.64. The standard InChI is InChI=1S/C15H14ClN3OS/c1-2-19-14(13-8-5-9-20-13)17-18-15(19)21-10-11-6-3-4-7-12(11)16/h3-9H,2,10H2,1H3. The third-order valence-electron chi connectivity index (χ3n) is 3.09. The van der Waals surface area contributed by atoms with Crippen LogP contribution < -0.4 is 0 Å². The monoisotopic (exact) mass is 319 g/mol. The minimum atomic E-state index is 0.731. The SMILES string of the molecule is CCn1c(SCc2ccccc2Cl)nnc1-c1ccco1. The van der Waals surface area contributed by atoms with Gasteiger partial charge in [0.15, 0.2) is 16.7 Å². The molecule has 6 heteroatoms. The first-order valence-corrected chi connectivity index (χ1v) is 7.99. The number of hydrogen-bond acceptors (Lipinski definition) is 4. The van der Waals surface area contributed by atoms with Crippen LogP contribution in [0.15, 0.2) is 52.2 Å². The number of thioether (sulfide) groups is 1. The molecule has 3 aromatic rings. The van der Waals surface area contributed by atoms with Gasteiger partial charge in [-0.15, -0.1) is 10.2 Å². The molecule has 0 aliphatic carbocycles. The summed E-state index contributed by atoms with van der Waals surface area (Å²) in [5.74, 6) is 2.24. The Labute approximate surface area is 132 Å². The number of furan rings is 1. The largest absolute Gasteiger partial charge is 0.461 e. The summed E-state index contributed by atoms with van der Waals surface area (Å²) in [7, 11) is 0. The van der Waals surface area contributed by atoms with Crippen LogP contribution in [0.1, 0.15) is 12.5 Å². The van der Waals surface area contributed by atoms with E-state index in [1.165, 1.54) is 0 Å². The number of hydrogen-bond donors (Lipinski definition) is 0. The number of benzene rings is 1. The van der Waals surface area contributed by atoms with Crippen molar-refractivity contribution < 1.29 is 4.42 Å². The number of rotatable bonds is 5. The lowest BCUT2D eigenvalue weighted by Gasteiger charge is -2.06. The average Bonchev–Trinajstić information content (AvgIpc) is 3.15. The molecule has 0 radical (unpaired) electrons. The molecule has 2 aromatic heterocycles. The molecule has 0 aliphatic rings. The predicted molar refractivity (Wildman–Crippen MR) is 84.4 cm³/mol. The van der Waals surface area contributed by atoms with E-state index in [2.05, 4.69) is 17.1 Å². The van der Waals surface area contributed by atoms with Crippen molar-refractivity contribution in [2.24, 2.45) is 0 Å². The maximum atomic E-state index is 6.18. The molecule has 21 heavy (non-hydrogen) atoms. The Kier molecular flexibility index (Phi) is 4.31. The van der Waals surface area contributed by atoms with E-state index in [9.17, 15) is 0 Å². The zero-order valence-corrected chi connectivity index (χ0v) is 13.1. The van der Waals surface area contributed by atoms with Crippen LogP contribution in [0.25, 0.3) is 11.6 Å². The first kappa shape index (κ1) is 14.2. The zero-order valence-electron chi connectivity index (χ0n) is 11.5. The molecule has 0 spiro atoms. The molecule has 4 nitrogen and oxygen atoms in total. The summed E-state index contributed by atoms with van der Waals surface area (Å²) >= 11 is 7.80. The highest BCUT2D eigenvalue weighted by atomic mass is 35.5. The minimum absolute atomic E-state index is 0.731. The van der Waals surface area contributed by atoms with E-state index in [1.54, 1.807) is 18.0 Å². The highest BCUT2D eigenvalue weighted by molar-refractivity contribution is 7.98. The molecular weight excluding hydrogens is 306 g/mol. The summed E-state index contributed by atoms with van der Waals surface area (Å²) in [4.78, 5) is 0. The first-order valence-electron chi connectivity index (χ1n) is 6.63. The van der Waals surface area contributed by atoms with Gasteiger partial charge in [-0.3, -0.25) is 4.57 Å². The van der Waals surface area contributed by atoms with Crippen molar-refractivity contribution in [1.82, 2.24) is 14.8 Å². The van der Waals surface area contributed by atoms with Crippen molar-refractivity contribution in [3.63, 3.8) is 0 Å². The molecule has 3 rings (SSSR count). The third-order valence-corrected chi connectivity index (χ3v) is 4.47. The number of halogens is 1. The van der Waals surface area contributed by atoms with Gasteiger partial charge in [-0.2, -0.15) is 0 Å². The Hall–Kier alpha value is -1.72. The van der Waals surface area contributed by atoms with Crippen LogP contribution in [-0.4, -0.2) is 14.8 Å². The van der Waals surface area contributed by atoms with Crippen LogP contribution in [0.2, 0.25) is 5.02 Å². The second-order valence-corrected chi connectivity index (χ2v) is 5.76. The molecule has 0 saturated heterocycles. The van der Waals surface area contributed by atoms with E-state index in [0.29, 0.717) is 0 Å². The van der Waals surface area contributed by atoms with Gasteiger partial charge in [0.05, 0.1) is 6.26 Å². The molecule has 1 aromatic carbocycles. The second kappa shape index (κ2) is 6.37. The molecule has 108 valence electrons. The maximum Gasteiger partial charge on any atom is 0.200 e. The van der Waals surface area contributed by atoms with Gasteiger partial charge in [0.2, 0.25) is 0 Å². The zero-order chi connectivity index (χ0) is 14.7. The Balaban J connectivity index is 1.82. The molecule has 0 saturated carbocycles. The van der Waals surface area contributed by atoms with Crippen molar-refractivity contribution in [1.29, 1.82) is 0 Å². The van der Waals surface area contributed by atoms with Crippen molar-refractivity contribution in [2.75, 3.05) is 0 Å². The van der Waals surface area contributed by atoms with E-state index >= 15 is 0 Å². The average molecular weight is 320 g/mol. The smallest absolute Gasteiger partial charge is 0.200 e. The van der Waals surface area contributed by atoms with E-state index in [1.807, 2.05) is 41.0 Å². The van der Waals surface area contributed by atoms with Crippen LogP contribution in [0, 0.1) is 0 Å². The van der Waals surface area contributed by atoms with Crippen molar-refractivity contribution in [2.45, 2.75) is 24.4 Å². The summed E-state index contributed by atoms with van der Waals surface area (Å²) < 4.78 is 7.45. The van der Waals surface area contributed by atoms with Gasteiger partial charge >= 0.3 is 0 Å². The fourth-order valence-corrected chi connectivity index (χ4v) is 3.31. The van der Waals surface area contributed by atoms with Crippen LogP contribution in [0.4, 0.5) is 0 Å². The molecule has 0 fully saturated rings. The van der Waals surface area contributed by atoms with Crippen LogP contribution >= 0.6 is 23.4 Å². The summed E-state index contributed by atoms with van der Waals surface area (Å²) in [6.45, 7) is 2.85. The van der Waals surface area contributed by atoms with Gasteiger partial charge in [0.25, 0.3) is 0 Å². The molecule has 0 amide bonds. The van der Waals surface area contributed by atoms with Gasteiger partial charge in [-0.1, -0.05) is 41.6 Å². The topological polar surface area (TPSA) is 43.9 Å². The van der Waals surface area contributed by atoms with Crippen molar-refractivity contribution in [3.8, 4) is 11.6 Å². The first-order chi connectivity index (χ1) is 10.3. The Morgan fingerprint density at radius 2 is 2.05 bits per heavy atom. The second-order valence-electron chi connectivity index (χ2n) is 4.41. The molecule has 2 heterocycles. The lowest BCUT2D eigenvalue weighted by Crippen LogP contribution is -1.99. The van der Waals surface area contributed by atoms with Crippen LogP contribution in [0.5, 0.6) is 0 Å². The van der Waals surface area contributed by atoms with Gasteiger partial charge in [-0.25, -0.2) is 0 Å². The molecule has 0 atom stereocenters. The number of aromatic nitrogens is 3. The highest BCUT2D eigenvalue weighted by Gasteiger charge is 2.15. The van der Waals surface area contributed by atoms with E-state index in [-0.39, 0.29) is 0 Å². The van der Waals surface area contributed by atoms with E-state index in [0.717, 1.165) is 39.6 Å². The fourth-order valence-electron chi connectivity index (χ4n) is 2.03. The van der Waals surface area contributed by atoms with Gasteiger partial charge in [-0.05, 0) is 30.7 Å². The normalized spacial score (nSPS) is 11.0. The van der Waals surface area contributed by atoms with E-state index in [4.69, 9.17) is 16.0 Å². The predicted octanol–water partition coefficient (Wildman–Crippen LogP) is 4.50. The van der Waals surface area contributed by atoms with Gasteiger partial charge in [0.1, 0.15) is 0 Å². The Bertz CT molecular complexity index is 724. The van der Waals surface area contributed by atoms with Crippen LogP contribution in [-0.2, 0) is 12.3 Å². The molecule has 0 bridgehead atoms. The molecular formula is C15H14ClN3OS. The lowest BCUT2D eigenvalue weighted by atomic mass is 10.2. The minimum Gasteiger partial charge on any atom is -0.461 e. The number of nitrogens with zero attached hydrogens (tertiary/aromatic N) is 3. The van der Waals surface area contributed by atoms with Crippen LogP contribution in [0.3, 0.4) is 0 Å². The lowest BCUT2D eigenvalue weighted by molar-refractivity contribution is 0.567. The summed E-state index contributed by atoms with van der Waals surface area (Å²) in [6, 6.07) is 11.6. The van der Waals surface area contributed by atoms with Crippen molar-refractivity contribution in [3.05, 3.63) is 53.2 Å².